The number of allylic oxidation sites excluding steroid dienone is 1. The van der Waals surface area contributed by atoms with Gasteiger partial charge in [-0.25, -0.2) is 4.98 Å². The number of aliphatic imine (C=N–C) groups is 1. The molecule has 0 saturated carbocycles. The SMILES string of the molecule is C/N=C1\SC[C@H](c2cnc(C)s2)N1C(=O)/C(=C(\C)O)c1ccccc1. The molecule has 7 heteroatoms. The fourth-order valence-electron chi connectivity index (χ4n) is 2.79. The van der Waals surface area contributed by atoms with Crippen LogP contribution in [0.3, 0.4) is 0 Å². The molecule has 2 heterocycles. The first kappa shape index (κ1) is 17.7. The van der Waals surface area contributed by atoms with Gasteiger partial charge in [-0.05, 0) is 19.4 Å². The van der Waals surface area contributed by atoms with Gasteiger partial charge in [0.1, 0.15) is 5.76 Å². The van der Waals surface area contributed by atoms with Crippen molar-refractivity contribution in [3.05, 3.63) is 57.7 Å². The van der Waals surface area contributed by atoms with E-state index in [-0.39, 0.29) is 17.7 Å². The topological polar surface area (TPSA) is 65.8 Å². The summed E-state index contributed by atoms with van der Waals surface area (Å²) in [5.41, 5.74) is 0.995. The number of aryl methyl sites for hydroxylation is 1. The Hall–Kier alpha value is -2.12. The number of aliphatic hydroxyl groups is 1. The summed E-state index contributed by atoms with van der Waals surface area (Å²) in [6.07, 6.45) is 1.82. The number of carbonyl (C=O) groups excluding carboxylic acids is 1. The lowest BCUT2D eigenvalue weighted by molar-refractivity contribution is -0.122. The number of nitrogens with zero attached hydrogens (tertiary/aromatic N) is 3. The molecule has 2 aromatic rings. The van der Waals surface area contributed by atoms with Gasteiger partial charge in [-0.3, -0.25) is 14.7 Å². The molecule has 130 valence electrons. The lowest BCUT2D eigenvalue weighted by Gasteiger charge is -2.24. The average molecular weight is 374 g/mol. The van der Waals surface area contributed by atoms with Gasteiger partial charge in [-0.1, -0.05) is 42.1 Å². The number of amides is 1. The van der Waals surface area contributed by atoms with E-state index in [4.69, 9.17) is 0 Å². The minimum atomic E-state index is -0.243. The Kier molecular flexibility index (Phi) is 5.24. The molecule has 25 heavy (non-hydrogen) atoms. The maximum Gasteiger partial charge on any atom is 0.264 e. The molecule has 0 unspecified atom stereocenters. The van der Waals surface area contributed by atoms with Crippen LogP contribution in [0, 0.1) is 6.92 Å². The Morgan fingerprint density at radius 2 is 2.08 bits per heavy atom. The first-order valence-corrected chi connectivity index (χ1v) is 9.64. The quantitative estimate of drug-likeness (QED) is 0.651. The fraction of sp³-hybridized carbons (Fsp3) is 0.278. The second kappa shape index (κ2) is 7.41. The van der Waals surface area contributed by atoms with Crippen LogP contribution in [0.25, 0.3) is 5.57 Å². The molecule has 1 aliphatic heterocycles. The van der Waals surface area contributed by atoms with Gasteiger partial charge < -0.3 is 5.11 Å². The Labute approximate surface area is 155 Å². The van der Waals surface area contributed by atoms with Crippen LogP contribution in [0.2, 0.25) is 0 Å². The summed E-state index contributed by atoms with van der Waals surface area (Å²) in [5.74, 6) is 0.489. The van der Waals surface area contributed by atoms with Crippen molar-refractivity contribution in [2.24, 2.45) is 4.99 Å². The van der Waals surface area contributed by atoms with E-state index in [1.165, 1.54) is 6.92 Å². The number of hydrogen-bond donors (Lipinski definition) is 1. The smallest absolute Gasteiger partial charge is 0.264 e. The van der Waals surface area contributed by atoms with Crippen LogP contribution in [0.5, 0.6) is 0 Å². The summed E-state index contributed by atoms with van der Waals surface area (Å²) in [4.78, 5) is 24.6. The van der Waals surface area contributed by atoms with Gasteiger partial charge in [-0.2, -0.15) is 0 Å². The summed E-state index contributed by atoms with van der Waals surface area (Å²) in [5, 5.41) is 11.8. The average Bonchev–Trinajstić information content (AvgIpc) is 3.21. The molecule has 1 fully saturated rings. The van der Waals surface area contributed by atoms with Gasteiger partial charge in [0.25, 0.3) is 5.91 Å². The molecule has 0 radical (unpaired) electrons. The van der Waals surface area contributed by atoms with Crippen LogP contribution in [0.1, 0.15) is 28.4 Å². The lowest BCUT2D eigenvalue weighted by atomic mass is 10.0. The highest BCUT2D eigenvalue weighted by atomic mass is 32.2. The van der Waals surface area contributed by atoms with Gasteiger partial charge in [0, 0.05) is 23.9 Å². The van der Waals surface area contributed by atoms with E-state index in [9.17, 15) is 9.90 Å². The van der Waals surface area contributed by atoms with Crippen molar-refractivity contribution >= 4 is 39.7 Å². The predicted molar refractivity (Wildman–Crippen MR) is 104 cm³/mol. The van der Waals surface area contributed by atoms with Crippen LogP contribution < -0.4 is 0 Å². The molecule has 5 nitrogen and oxygen atoms in total. The molecule has 1 aromatic carbocycles. The van der Waals surface area contributed by atoms with E-state index in [0.717, 1.165) is 15.6 Å². The molecule has 1 N–H and O–H groups in total. The molecule has 0 spiro atoms. The summed E-state index contributed by atoms with van der Waals surface area (Å²) in [6, 6.07) is 9.11. The molecule has 3 rings (SSSR count). The predicted octanol–water partition coefficient (Wildman–Crippen LogP) is 4.04. The molecule has 0 bridgehead atoms. The second-order valence-corrected chi connectivity index (χ2v) is 7.87. The molecule has 1 amide bonds. The maximum absolute atomic E-state index is 13.3. The lowest BCUT2D eigenvalue weighted by Crippen LogP contribution is -2.35. The highest BCUT2D eigenvalue weighted by Crippen LogP contribution is 2.39. The van der Waals surface area contributed by atoms with Gasteiger partial charge in [-0.15, -0.1) is 11.3 Å². The molecule has 1 atom stereocenters. The molecule has 0 aliphatic carbocycles. The number of amidine groups is 1. The zero-order chi connectivity index (χ0) is 18.0. The molecule has 1 aliphatic rings. The number of hydrogen-bond acceptors (Lipinski definition) is 6. The molecular weight excluding hydrogens is 354 g/mol. The van der Waals surface area contributed by atoms with Crippen molar-refractivity contribution in [1.29, 1.82) is 0 Å². The van der Waals surface area contributed by atoms with Crippen molar-refractivity contribution in [2.45, 2.75) is 19.9 Å². The number of aromatic nitrogens is 1. The first-order chi connectivity index (χ1) is 12.0. The molecular formula is C18H19N3O2S2. The van der Waals surface area contributed by atoms with Crippen molar-refractivity contribution in [3.63, 3.8) is 0 Å². The number of aliphatic hydroxyl groups excluding tert-OH is 1. The molecule has 1 saturated heterocycles. The van der Waals surface area contributed by atoms with Crippen molar-refractivity contribution in [1.82, 2.24) is 9.88 Å². The number of carbonyl (C=O) groups is 1. The minimum absolute atomic E-state index is 0.00258. The van der Waals surface area contributed by atoms with E-state index < -0.39 is 0 Å². The third kappa shape index (κ3) is 3.48. The fourth-order valence-corrected chi connectivity index (χ4v) is 4.88. The number of rotatable bonds is 3. The summed E-state index contributed by atoms with van der Waals surface area (Å²) < 4.78 is 0. The zero-order valence-electron chi connectivity index (χ0n) is 14.3. The van der Waals surface area contributed by atoms with Gasteiger partial charge in [0.05, 0.1) is 16.6 Å². The molecule has 1 aromatic heterocycles. The summed E-state index contributed by atoms with van der Waals surface area (Å²) in [7, 11) is 1.68. The monoisotopic (exact) mass is 373 g/mol. The number of thioether (sulfide) groups is 1. The van der Waals surface area contributed by atoms with Crippen LogP contribution >= 0.6 is 23.1 Å². The van der Waals surface area contributed by atoms with Gasteiger partial charge in [0.15, 0.2) is 5.17 Å². The van der Waals surface area contributed by atoms with E-state index in [1.807, 2.05) is 43.5 Å². The maximum atomic E-state index is 13.3. The van der Waals surface area contributed by atoms with Crippen molar-refractivity contribution in [3.8, 4) is 0 Å². The van der Waals surface area contributed by atoms with Gasteiger partial charge >= 0.3 is 0 Å². The summed E-state index contributed by atoms with van der Waals surface area (Å²) in [6.45, 7) is 3.49. The number of thiazole rings is 1. The third-order valence-corrected chi connectivity index (χ3v) is 6.04. The number of benzene rings is 1. The Morgan fingerprint density at radius 1 is 1.36 bits per heavy atom. The Morgan fingerprint density at radius 3 is 2.64 bits per heavy atom. The first-order valence-electron chi connectivity index (χ1n) is 7.83. The Bertz CT molecular complexity index is 839. The standard InChI is InChI=1S/C18H19N3O2S2/c1-11(22)16(13-7-5-4-6-8-13)17(23)21-14(10-24-18(21)19-3)15-9-20-12(2)25-15/h4-9,14,22H,10H2,1-3H3/b16-11+,19-18-/t14-/m1/s1. The third-order valence-electron chi connectivity index (χ3n) is 3.90. The van der Waals surface area contributed by atoms with E-state index >= 15 is 0 Å². The van der Waals surface area contributed by atoms with Crippen LogP contribution in [-0.2, 0) is 4.79 Å². The second-order valence-electron chi connectivity index (χ2n) is 5.62. The minimum Gasteiger partial charge on any atom is -0.512 e. The van der Waals surface area contributed by atoms with Crippen LogP contribution in [0.15, 0.2) is 47.3 Å². The van der Waals surface area contributed by atoms with E-state index in [0.29, 0.717) is 16.3 Å². The van der Waals surface area contributed by atoms with E-state index in [2.05, 4.69) is 9.98 Å². The highest BCUT2D eigenvalue weighted by Gasteiger charge is 2.39. The van der Waals surface area contributed by atoms with Crippen LogP contribution in [0.4, 0.5) is 0 Å². The van der Waals surface area contributed by atoms with E-state index in [1.54, 1.807) is 35.0 Å². The zero-order valence-corrected chi connectivity index (χ0v) is 15.9. The Balaban J connectivity index is 2.03. The van der Waals surface area contributed by atoms with Crippen molar-refractivity contribution in [2.75, 3.05) is 12.8 Å². The normalized spacial score (nSPS) is 20.0. The van der Waals surface area contributed by atoms with Crippen LogP contribution in [-0.4, -0.2) is 38.9 Å². The highest BCUT2D eigenvalue weighted by molar-refractivity contribution is 8.14. The van der Waals surface area contributed by atoms with Crippen molar-refractivity contribution < 1.29 is 9.90 Å². The van der Waals surface area contributed by atoms with Gasteiger partial charge in [0.2, 0.25) is 0 Å². The summed E-state index contributed by atoms with van der Waals surface area (Å²) >= 11 is 3.13. The largest absolute Gasteiger partial charge is 0.512 e.